The van der Waals surface area contributed by atoms with Crippen molar-refractivity contribution >= 4 is 23.3 Å². The van der Waals surface area contributed by atoms with E-state index in [9.17, 15) is 0 Å². The number of H-pyrrole nitrogens is 1. The van der Waals surface area contributed by atoms with Crippen molar-refractivity contribution in [1.29, 1.82) is 0 Å². The van der Waals surface area contributed by atoms with Gasteiger partial charge in [0.05, 0.1) is 0 Å². The zero-order chi connectivity index (χ0) is 15.5. The Morgan fingerprint density at radius 1 is 0.913 bits per heavy atom. The van der Waals surface area contributed by atoms with Crippen LogP contribution in [0.4, 0.5) is 0 Å². The molecule has 2 N–H and O–H groups in total. The molecule has 2 aromatic carbocycles. The summed E-state index contributed by atoms with van der Waals surface area (Å²) in [7, 11) is 0. The van der Waals surface area contributed by atoms with Crippen LogP contribution in [-0.4, -0.2) is 11.5 Å². The van der Waals surface area contributed by atoms with E-state index >= 15 is 0 Å². The molecule has 1 heterocycles. The maximum atomic E-state index is 3.55. The molecule has 0 unspecified atom stereocenters. The molecule has 0 saturated carbocycles. The number of hydrogen-bond acceptors (Lipinski definition) is 1. The van der Waals surface area contributed by atoms with E-state index in [-0.39, 0.29) is 12.4 Å². The van der Waals surface area contributed by atoms with E-state index in [2.05, 4.69) is 73.5 Å². The Kier molecular flexibility index (Phi) is 5.86. The molecule has 0 spiro atoms. The van der Waals surface area contributed by atoms with E-state index in [1.54, 1.807) is 0 Å². The molecule has 3 rings (SSSR count). The molecule has 0 amide bonds. The van der Waals surface area contributed by atoms with Crippen molar-refractivity contribution in [2.45, 2.75) is 33.7 Å². The van der Waals surface area contributed by atoms with E-state index in [0.717, 1.165) is 19.5 Å². The van der Waals surface area contributed by atoms with Crippen LogP contribution in [0.2, 0.25) is 0 Å². The molecule has 0 bridgehead atoms. The molecule has 0 fully saturated rings. The van der Waals surface area contributed by atoms with Gasteiger partial charge in [0.15, 0.2) is 0 Å². The molecule has 3 aromatic rings. The summed E-state index contributed by atoms with van der Waals surface area (Å²) in [6.07, 6.45) is 1.06. The minimum atomic E-state index is 0. The summed E-state index contributed by atoms with van der Waals surface area (Å²) in [6, 6.07) is 15.4. The van der Waals surface area contributed by atoms with Crippen LogP contribution in [-0.2, 0) is 13.0 Å². The fraction of sp³-hybridized carbons (Fsp3) is 0.300. The molecule has 0 saturated heterocycles. The van der Waals surface area contributed by atoms with E-state index < -0.39 is 0 Å². The Hall–Kier alpha value is -1.77. The molecular weight excluding hydrogens is 304 g/mol. The zero-order valence-corrected chi connectivity index (χ0v) is 14.9. The quantitative estimate of drug-likeness (QED) is 0.644. The first-order valence-electron chi connectivity index (χ1n) is 7.97. The zero-order valence-electron chi connectivity index (χ0n) is 14.1. The number of halogens is 1. The third-order valence-electron chi connectivity index (χ3n) is 4.28. The van der Waals surface area contributed by atoms with Crippen molar-refractivity contribution < 1.29 is 0 Å². The summed E-state index contributed by atoms with van der Waals surface area (Å²) in [5.41, 5.74) is 7.95. The number of aryl methyl sites for hydroxylation is 3. The van der Waals surface area contributed by atoms with Gasteiger partial charge in [0.2, 0.25) is 0 Å². The Labute approximate surface area is 144 Å². The molecule has 0 atom stereocenters. The monoisotopic (exact) mass is 328 g/mol. The first-order chi connectivity index (χ1) is 10.6. The van der Waals surface area contributed by atoms with Gasteiger partial charge in [-0.3, -0.25) is 0 Å². The predicted molar refractivity (Wildman–Crippen MR) is 102 cm³/mol. The molecule has 0 aliphatic carbocycles. The molecule has 0 radical (unpaired) electrons. The normalized spacial score (nSPS) is 10.7. The Balaban J connectivity index is 0.00000192. The van der Waals surface area contributed by atoms with Crippen molar-refractivity contribution in [2.24, 2.45) is 0 Å². The summed E-state index contributed by atoms with van der Waals surface area (Å²) in [5.74, 6) is 0. The topological polar surface area (TPSA) is 27.8 Å². The van der Waals surface area contributed by atoms with E-state index in [0.29, 0.717) is 0 Å². The summed E-state index contributed by atoms with van der Waals surface area (Å²) >= 11 is 0. The smallest absolute Gasteiger partial charge is 0.0459 e. The van der Waals surface area contributed by atoms with Crippen LogP contribution >= 0.6 is 12.4 Å². The standard InChI is InChI=1S/C20H24N2.ClH/c1-14-4-7-17(8-5-14)13-21-11-10-18-16(3)22-20-9-6-15(2)12-19(18)20;/h4-9,12,21-22H,10-11,13H2,1-3H3;1H. The molecule has 3 heteroatoms. The molecule has 122 valence electrons. The molecule has 1 aromatic heterocycles. The second-order valence-electron chi connectivity index (χ2n) is 6.19. The largest absolute Gasteiger partial charge is 0.358 e. The van der Waals surface area contributed by atoms with Crippen LogP contribution in [0, 0.1) is 20.8 Å². The second-order valence-corrected chi connectivity index (χ2v) is 6.19. The van der Waals surface area contributed by atoms with Gasteiger partial charge in [-0.05, 0) is 57.0 Å². The van der Waals surface area contributed by atoms with Crippen molar-refractivity contribution in [2.75, 3.05) is 6.54 Å². The Morgan fingerprint density at radius 2 is 1.61 bits per heavy atom. The van der Waals surface area contributed by atoms with Crippen LogP contribution in [0.15, 0.2) is 42.5 Å². The second kappa shape index (κ2) is 7.67. The maximum absolute atomic E-state index is 3.55. The summed E-state index contributed by atoms with van der Waals surface area (Å²) < 4.78 is 0. The van der Waals surface area contributed by atoms with Crippen LogP contribution in [0.3, 0.4) is 0 Å². The van der Waals surface area contributed by atoms with Crippen molar-refractivity contribution in [3.63, 3.8) is 0 Å². The van der Waals surface area contributed by atoms with E-state index in [1.807, 2.05) is 0 Å². The fourth-order valence-electron chi connectivity index (χ4n) is 2.97. The first-order valence-corrected chi connectivity index (χ1v) is 7.97. The number of fused-ring (bicyclic) bond motifs is 1. The number of benzene rings is 2. The fourth-order valence-corrected chi connectivity index (χ4v) is 2.97. The highest BCUT2D eigenvalue weighted by molar-refractivity contribution is 5.85. The van der Waals surface area contributed by atoms with E-state index in [4.69, 9.17) is 0 Å². The number of rotatable bonds is 5. The predicted octanol–water partition coefficient (Wildman–Crippen LogP) is 4.85. The molecule has 0 aliphatic rings. The third-order valence-corrected chi connectivity index (χ3v) is 4.28. The lowest BCUT2D eigenvalue weighted by Crippen LogP contribution is -2.16. The highest BCUT2D eigenvalue weighted by atomic mass is 35.5. The number of aromatic nitrogens is 1. The van der Waals surface area contributed by atoms with Gasteiger partial charge in [-0.25, -0.2) is 0 Å². The lowest BCUT2D eigenvalue weighted by atomic mass is 10.1. The SMILES string of the molecule is Cc1ccc(CNCCc2c(C)[nH]c3ccc(C)cc23)cc1.Cl. The summed E-state index contributed by atoms with van der Waals surface area (Å²) in [4.78, 5) is 3.49. The average Bonchev–Trinajstić information content (AvgIpc) is 2.81. The number of aromatic amines is 1. The minimum absolute atomic E-state index is 0. The highest BCUT2D eigenvalue weighted by Gasteiger charge is 2.08. The van der Waals surface area contributed by atoms with Gasteiger partial charge < -0.3 is 10.3 Å². The lowest BCUT2D eigenvalue weighted by Gasteiger charge is -2.06. The van der Waals surface area contributed by atoms with Gasteiger partial charge in [-0.2, -0.15) is 0 Å². The molecule has 23 heavy (non-hydrogen) atoms. The van der Waals surface area contributed by atoms with E-state index in [1.165, 1.54) is 38.9 Å². The number of nitrogens with one attached hydrogen (secondary N) is 2. The van der Waals surface area contributed by atoms with Crippen LogP contribution < -0.4 is 5.32 Å². The van der Waals surface area contributed by atoms with Crippen LogP contribution in [0.1, 0.15) is 27.9 Å². The minimum Gasteiger partial charge on any atom is -0.358 e. The Morgan fingerprint density at radius 3 is 2.35 bits per heavy atom. The molecule has 0 aliphatic heterocycles. The van der Waals surface area contributed by atoms with Gasteiger partial charge >= 0.3 is 0 Å². The van der Waals surface area contributed by atoms with Gasteiger partial charge in [-0.15, -0.1) is 12.4 Å². The third kappa shape index (κ3) is 4.15. The lowest BCUT2D eigenvalue weighted by molar-refractivity contribution is 0.687. The van der Waals surface area contributed by atoms with Gasteiger partial charge in [0.25, 0.3) is 0 Å². The maximum Gasteiger partial charge on any atom is 0.0459 e. The van der Waals surface area contributed by atoms with Crippen LogP contribution in [0.5, 0.6) is 0 Å². The first kappa shape index (κ1) is 17.6. The highest BCUT2D eigenvalue weighted by Crippen LogP contribution is 2.23. The summed E-state index contributed by atoms with van der Waals surface area (Å²) in [5, 5.41) is 4.92. The van der Waals surface area contributed by atoms with Crippen molar-refractivity contribution in [1.82, 2.24) is 10.3 Å². The van der Waals surface area contributed by atoms with Crippen molar-refractivity contribution in [3.8, 4) is 0 Å². The van der Waals surface area contributed by atoms with Crippen molar-refractivity contribution in [3.05, 3.63) is 70.4 Å². The van der Waals surface area contributed by atoms with Gasteiger partial charge in [-0.1, -0.05) is 41.5 Å². The van der Waals surface area contributed by atoms with Gasteiger partial charge in [0, 0.05) is 23.1 Å². The van der Waals surface area contributed by atoms with Crippen LogP contribution in [0.25, 0.3) is 10.9 Å². The van der Waals surface area contributed by atoms with Gasteiger partial charge in [0.1, 0.15) is 0 Å². The average molecular weight is 329 g/mol. The number of hydrogen-bond donors (Lipinski definition) is 2. The molecule has 2 nitrogen and oxygen atoms in total. The summed E-state index contributed by atoms with van der Waals surface area (Å²) in [6.45, 7) is 8.38. The Bertz CT molecular complexity index is 772. The molecular formula is C20H25ClN2.